The Bertz CT molecular complexity index is 879. The van der Waals surface area contributed by atoms with E-state index in [-0.39, 0.29) is 22.9 Å². The molecule has 0 saturated heterocycles. The van der Waals surface area contributed by atoms with Crippen LogP contribution in [0.15, 0.2) is 46.8 Å². The van der Waals surface area contributed by atoms with Crippen molar-refractivity contribution >= 4 is 51.6 Å². The summed E-state index contributed by atoms with van der Waals surface area (Å²) in [6.07, 6.45) is 1.64. The van der Waals surface area contributed by atoms with Crippen LogP contribution in [0, 0.1) is 11.6 Å². The molecule has 0 aliphatic heterocycles. The third kappa shape index (κ3) is 4.76. The first-order valence-electron chi connectivity index (χ1n) is 6.91. The lowest BCUT2D eigenvalue weighted by Crippen LogP contribution is -2.00. The first kappa shape index (κ1) is 18.3. The molecular formula is C16H10Cl2F2N2OS2. The number of halogens is 4. The van der Waals surface area contributed by atoms with Gasteiger partial charge in [0, 0.05) is 28.2 Å². The standard InChI is InChI=1S/C16H10Cl2F2N2OS2/c17-10-1-2-12(19)9(5-10)8-23-14-7-13(20)15(6-11(14)18)25-22-16-21-3-4-24-16/h1-7H,8H2,(H,21,22). The minimum absolute atomic E-state index is 0.116. The van der Waals surface area contributed by atoms with Crippen LogP contribution in [-0.2, 0) is 6.61 Å². The van der Waals surface area contributed by atoms with Crippen LogP contribution in [0.5, 0.6) is 5.75 Å². The number of benzene rings is 2. The van der Waals surface area contributed by atoms with Crippen molar-refractivity contribution in [1.29, 1.82) is 0 Å². The maximum atomic E-state index is 14.2. The van der Waals surface area contributed by atoms with Crippen LogP contribution in [0.2, 0.25) is 10.0 Å². The molecule has 9 heteroatoms. The second-order valence-corrected chi connectivity index (χ2v) is 7.37. The van der Waals surface area contributed by atoms with Gasteiger partial charge in [-0.2, -0.15) is 0 Å². The van der Waals surface area contributed by atoms with E-state index in [1.165, 1.54) is 35.6 Å². The van der Waals surface area contributed by atoms with Crippen molar-refractivity contribution in [1.82, 2.24) is 4.98 Å². The molecule has 0 fully saturated rings. The highest BCUT2D eigenvalue weighted by molar-refractivity contribution is 8.00. The van der Waals surface area contributed by atoms with Gasteiger partial charge in [0.25, 0.3) is 0 Å². The molecule has 0 aliphatic carbocycles. The number of hydrogen-bond acceptors (Lipinski definition) is 5. The molecule has 1 N–H and O–H groups in total. The fourth-order valence-corrected chi connectivity index (χ4v) is 3.63. The van der Waals surface area contributed by atoms with Crippen LogP contribution in [0.1, 0.15) is 5.56 Å². The molecule has 2 aromatic carbocycles. The zero-order chi connectivity index (χ0) is 17.8. The lowest BCUT2D eigenvalue weighted by atomic mass is 10.2. The number of nitrogens with one attached hydrogen (secondary N) is 1. The smallest absolute Gasteiger partial charge is 0.192 e. The molecule has 3 nitrogen and oxygen atoms in total. The van der Waals surface area contributed by atoms with Gasteiger partial charge in [-0.05, 0) is 36.2 Å². The number of aromatic nitrogens is 1. The third-order valence-corrected chi connectivity index (χ3v) is 5.23. The van der Waals surface area contributed by atoms with E-state index in [4.69, 9.17) is 27.9 Å². The molecule has 1 aromatic heterocycles. The molecule has 130 valence electrons. The fourth-order valence-electron chi connectivity index (χ4n) is 1.88. The van der Waals surface area contributed by atoms with Crippen LogP contribution >= 0.6 is 46.5 Å². The van der Waals surface area contributed by atoms with Crippen molar-refractivity contribution < 1.29 is 13.5 Å². The van der Waals surface area contributed by atoms with Crippen molar-refractivity contribution in [2.24, 2.45) is 0 Å². The normalized spacial score (nSPS) is 10.7. The lowest BCUT2D eigenvalue weighted by molar-refractivity contribution is 0.298. The quantitative estimate of drug-likeness (QED) is 0.467. The predicted molar refractivity (Wildman–Crippen MR) is 98.7 cm³/mol. The highest BCUT2D eigenvalue weighted by atomic mass is 35.5. The molecule has 0 bridgehead atoms. The maximum absolute atomic E-state index is 14.2. The second-order valence-electron chi connectivity index (χ2n) is 4.78. The number of anilines is 1. The molecule has 1 heterocycles. The van der Waals surface area contributed by atoms with Crippen LogP contribution in [0.3, 0.4) is 0 Å². The van der Waals surface area contributed by atoms with Gasteiger partial charge in [-0.15, -0.1) is 11.3 Å². The van der Waals surface area contributed by atoms with Gasteiger partial charge in [0.2, 0.25) is 0 Å². The Labute approximate surface area is 161 Å². The van der Waals surface area contributed by atoms with E-state index in [2.05, 4.69) is 9.71 Å². The van der Waals surface area contributed by atoms with Gasteiger partial charge in [-0.3, -0.25) is 0 Å². The molecule has 25 heavy (non-hydrogen) atoms. The van der Waals surface area contributed by atoms with Crippen LogP contribution in [-0.4, -0.2) is 4.98 Å². The summed E-state index contributed by atoms with van der Waals surface area (Å²) >= 11 is 14.4. The zero-order valence-electron chi connectivity index (χ0n) is 12.4. The van der Waals surface area contributed by atoms with E-state index in [0.717, 1.165) is 18.0 Å². The van der Waals surface area contributed by atoms with Crippen molar-refractivity contribution in [3.8, 4) is 5.75 Å². The van der Waals surface area contributed by atoms with Crippen molar-refractivity contribution in [2.75, 3.05) is 4.72 Å². The first-order chi connectivity index (χ1) is 12.0. The number of nitrogens with zero attached hydrogens (tertiary/aromatic N) is 1. The molecule has 3 aromatic rings. The highest BCUT2D eigenvalue weighted by Crippen LogP contribution is 2.34. The topological polar surface area (TPSA) is 34.1 Å². The Balaban J connectivity index is 1.70. The summed E-state index contributed by atoms with van der Waals surface area (Å²) in [6.45, 7) is -0.116. The Morgan fingerprint density at radius 2 is 2.00 bits per heavy atom. The SMILES string of the molecule is Fc1ccc(Cl)cc1COc1cc(F)c(SNc2nccs2)cc1Cl. The van der Waals surface area contributed by atoms with E-state index in [1.807, 2.05) is 0 Å². The van der Waals surface area contributed by atoms with Gasteiger partial charge in [0.05, 0.1) is 9.92 Å². The minimum Gasteiger partial charge on any atom is -0.487 e. The lowest BCUT2D eigenvalue weighted by Gasteiger charge is -2.11. The maximum Gasteiger partial charge on any atom is 0.192 e. The average Bonchev–Trinajstić information content (AvgIpc) is 3.10. The molecular weight excluding hydrogens is 409 g/mol. The highest BCUT2D eigenvalue weighted by Gasteiger charge is 2.12. The van der Waals surface area contributed by atoms with Gasteiger partial charge < -0.3 is 9.46 Å². The summed E-state index contributed by atoms with van der Waals surface area (Å²) in [6, 6.07) is 6.73. The van der Waals surface area contributed by atoms with E-state index in [0.29, 0.717) is 15.0 Å². The Morgan fingerprint density at radius 1 is 1.16 bits per heavy atom. The second kappa shape index (κ2) is 8.23. The van der Waals surface area contributed by atoms with E-state index in [1.54, 1.807) is 11.6 Å². The predicted octanol–water partition coefficient (Wildman–Crippen LogP) is 6.43. The average molecular weight is 419 g/mol. The Kier molecular flexibility index (Phi) is 6.01. The molecule has 0 radical (unpaired) electrons. The van der Waals surface area contributed by atoms with E-state index in [9.17, 15) is 8.78 Å². The summed E-state index contributed by atoms with van der Waals surface area (Å²) < 4.78 is 36.3. The number of rotatable bonds is 6. The zero-order valence-corrected chi connectivity index (χ0v) is 15.6. The molecule has 0 aliphatic rings. The monoisotopic (exact) mass is 418 g/mol. The minimum atomic E-state index is -0.514. The summed E-state index contributed by atoms with van der Waals surface area (Å²) in [7, 11) is 0. The van der Waals surface area contributed by atoms with Gasteiger partial charge in [0.15, 0.2) is 5.13 Å². The van der Waals surface area contributed by atoms with E-state index < -0.39 is 11.6 Å². The number of ether oxygens (including phenoxy) is 1. The molecule has 0 unspecified atom stereocenters. The van der Waals surface area contributed by atoms with Crippen molar-refractivity contribution in [3.05, 3.63) is 69.2 Å². The molecule has 0 spiro atoms. The molecule has 0 atom stereocenters. The third-order valence-electron chi connectivity index (χ3n) is 3.06. The molecule has 0 amide bonds. The van der Waals surface area contributed by atoms with Gasteiger partial charge >= 0.3 is 0 Å². The summed E-state index contributed by atoms with van der Waals surface area (Å²) in [5, 5.41) is 3.06. The number of thiazole rings is 1. The van der Waals surface area contributed by atoms with Gasteiger partial charge in [-0.1, -0.05) is 23.2 Å². The van der Waals surface area contributed by atoms with Crippen LogP contribution in [0.25, 0.3) is 0 Å². The number of hydrogen-bond donors (Lipinski definition) is 1. The van der Waals surface area contributed by atoms with Crippen molar-refractivity contribution in [2.45, 2.75) is 11.5 Å². The Morgan fingerprint density at radius 3 is 2.76 bits per heavy atom. The Hall–Kier alpha value is -1.54. The summed E-state index contributed by atoms with van der Waals surface area (Å²) in [5.74, 6) is -0.849. The van der Waals surface area contributed by atoms with Crippen LogP contribution in [0.4, 0.5) is 13.9 Å². The largest absolute Gasteiger partial charge is 0.487 e. The molecule has 0 saturated carbocycles. The van der Waals surface area contributed by atoms with Gasteiger partial charge in [0.1, 0.15) is 24.0 Å². The van der Waals surface area contributed by atoms with Crippen molar-refractivity contribution in [3.63, 3.8) is 0 Å². The summed E-state index contributed by atoms with van der Waals surface area (Å²) in [4.78, 5) is 4.33. The van der Waals surface area contributed by atoms with E-state index >= 15 is 0 Å². The molecule has 3 rings (SSSR count). The van der Waals surface area contributed by atoms with Gasteiger partial charge in [-0.25, -0.2) is 13.8 Å². The fraction of sp³-hybridized carbons (Fsp3) is 0.0625. The summed E-state index contributed by atoms with van der Waals surface area (Å²) in [5.41, 5.74) is 0.257. The first-order valence-corrected chi connectivity index (χ1v) is 9.36. The van der Waals surface area contributed by atoms with Crippen LogP contribution < -0.4 is 9.46 Å².